The molecule has 0 saturated heterocycles. The van der Waals surface area contributed by atoms with Gasteiger partial charge in [0.2, 0.25) is 0 Å². The van der Waals surface area contributed by atoms with Crippen LogP contribution in [0.25, 0.3) is 5.57 Å². The summed E-state index contributed by atoms with van der Waals surface area (Å²) in [6.07, 6.45) is 3.07. The number of rotatable bonds is 8. The first-order valence-electron chi connectivity index (χ1n) is 11.6. The Labute approximate surface area is 199 Å². The van der Waals surface area contributed by atoms with Gasteiger partial charge in [0.1, 0.15) is 16.2 Å². The number of benzene rings is 1. The minimum Gasteiger partial charge on any atom is -0.598 e. The molecule has 0 spiro atoms. The number of hydrogen-bond acceptors (Lipinski definition) is 4. The number of allylic oxidation sites excluding steroid dienone is 3. The molecule has 4 unspecified atom stereocenters. The second-order valence-corrected chi connectivity index (χ2v) is 12.1. The molecule has 1 N–H and O–H groups in total. The monoisotopic (exact) mass is 479 g/mol. The lowest BCUT2D eigenvalue weighted by molar-refractivity contribution is -0.144. The summed E-state index contributed by atoms with van der Waals surface area (Å²) < 4.78 is 53.1. The maximum absolute atomic E-state index is 16.8. The van der Waals surface area contributed by atoms with Crippen molar-refractivity contribution in [3.63, 3.8) is 0 Å². The number of ether oxygens (including phenoxy) is 1. The quantitative estimate of drug-likeness (QED) is 0.381. The molecule has 2 aliphatic rings. The molecule has 182 valence electrons. The number of hydrogen-bond donors (Lipinski definition) is 1. The zero-order valence-electron chi connectivity index (χ0n) is 20.3. The normalized spacial score (nSPS) is 25.5. The zero-order chi connectivity index (χ0) is 24.6. The van der Waals surface area contributed by atoms with Gasteiger partial charge in [-0.2, -0.15) is 0 Å². The molecule has 2 aliphatic carbocycles. The first kappa shape index (κ1) is 25.9. The molecule has 7 heteroatoms. The van der Waals surface area contributed by atoms with Gasteiger partial charge in [-0.3, -0.25) is 4.79 Å². The van der Waals surface area contributed by atoms with Crippen LogP contribution in [0.3, 0.4) is 0 Å². The summed E-state index contributed by atoms with van der Waals surface area (Å²) in [5.41, 5.74) is 0.347. The molecule has 0 heterocycles. The highest BCUT2D eigenvalue weighted by Crippen LogP contribution is 2.53. The molecule has 1 aromatic rings. The summed E-state index contributed by atoms with van der Waals surface area (Å²) in [5, 5.41) is 0. The molecule has 1 aromatic carbocycles. The van der Waals surface area contributed by atoms with Gasteiger partial charge in [-0.05, 0) is 88.7 Å². The highest BCUT2D eigenvalue weighted by Gasteiger charge is 2.52. The van der Waals surface area contributed by atoms with Crippen LogP contribution in [0.4, 0.5) is 8.78 Å². The zero-order valence-corrected chi connectivity index (χ0v) is 21.2. The summed E-state index contributed by atoms with van der Waals surface area (Å²) in [6.45, 7) is 10.4. The van der Waals surface area contributed by atoms with Crippen molar-refractivity contribution in [1.82, 2.24) is 4.72 Å². The van der Waals surface area contributed by atoms with Crippen molar-refractivity contribution in [3.8, 4) is 0 Å². The van der Waals surface area contributed by atoms with E-state index >= 15 is 8.78 Å². The number of esters is 1. The maximum atomic E-state index is 16.8. The first-order valence-corrected chi connectivity index (χ1v) is 12.7. The molecule has 1 saturated carbocycles. The van der Waals surface area contributed by atoms with Gasteiger partial charge in [-0.1, -0.05) is 24.3 Å². The Balaban J connectivity index is 2.11. The Morgan fingerprint density at radius 2 is 1.97 bits per heavy atom. The molecule has 33 heavy (non-hydrogen) atoms. The number of carbonyl (C=O) groups excluding carboxylic acids is 1. The van der Waals surface area contributed by atoms with E-state index in [1.165, 1.54) is 6.92 Å². The topological polar surface area (TPSA) is 61.4 Å². The van der Waals surface area contributed by atoms with Crippen molar-refractivity contribution >= 4 is 22.9 Å². The van der Waals surface area contributed by atoms with E-state index in [-0.39, 0.29) is 18.9 Å². The Morgan fingerprint density at radius 1 is 1.33 bits per heavy atom. The third kappa shape index (κ3) is 5.69. The Morgan fingerprint density at radius 3 is 2.52 bits per heavy atom. The molecule has 0 bridgehead atoms. The summed E-state index contributed by atoms with van der Waals surface area (Å²) >= 11 is -1.64. The van der Waals surface area contributed by atoms with Gasteiger partial charge >= 0.3 is 5.97 Å². The lowest BCUT2D eigenvalue weighted by Crippen LogP contribution is -2.54. The lowest BCUT2D eigenvalue weighted by atomic mass is 9.70. The third-order valence-electron chi connectivity index (χ3n) is 6.32. The molecule has 0 aromatic heterocycles. The van der Waals surface area contributed by atoms with Crippen LogP contribution in [0.2, 0.25) is 0 Å². The molecule has 4 nitrogen and oxygen atoms in total. The minimum absolute atomic E-state index is 0.0407. The van der Waals surface area contributed by atoms with Crippen molar-refractivity contribution in [1.29, 1.82) is 0 Å². The van der Waals surface area contributed by atoms with Gasteiger partial charge in [-0.25, -0.2) is 8.78 Å². The minimum atomic E-state index is -2.14. The number of aryl methyl sites for hydroxylation is 1. The van der Waals surface area contributed by atoms with E-state index in [1.54, 1.807) is 33.8 Å². The fourth-order valence-corrected chi connectivity index (χ4v) is 5.22. The summed E-state index contributed by atoms with van der Waals surface area (Å²) in [4.78, 5) is 12.4. The predicted molar refractivity (Wildman–Crippen MR) is 129 cm³/mol. The van der Waals surface area contributed by atoms with Crippen molar-refractivity contribution in [2.75, 3.05) is 6.61 Å². The van der Waals surface area contributed by atoms with E-state index < -0.39 is 45.5 Å². The Bertz CT molecular complexity index is 947. The Kier molecular flexibility index (Phi) is 7.76. The Hall–Kier alpha value is -1.70. The van der Waals surface area contributed by atoms with Crippen LogP contribution in [0.1, 0.15) is 65.0 Å². The van der Waals surface area contributed by atoms with Gasteiger partial charge in [0.15, 0.2) is 0 Å². The molecule has 0 amide bonds. The standard InChI is InChI=1S/C26H35F2NO3S/c1-7-32-22(30)15-21(29-33(31)25(3,4)5)23-24(27)19(17-12-13-17)14-20(26(23,6)28)18-11-9-8-10-16(18)2/h8-11,14,17,21,23,29H,7,12-13,15H2,1-6H3. The molecule has 4 atom stereocenters. The largest absolute Gasteiger partial charge is 0.598 e. The van der Waals surface area contributed by atoms with Gasteiger partial charge in [-0.15, -0.1) is 4.72 Å². The third-order valence-corrected chi connectivity index (χ3v) is 7.95. The predicted octanol–water partition coefficient (Wildman–Crippen LogP) is 5.74. The van der Waals surface area contributed by atoms with E-state index in [2.05, 4.69) is 4.72 Å². The highest BCUT2D eigenvalue weighted by molar-refractivity contribution is 7.90. The van der Waals surface area contributed by atoms with Crippen LogP contribution >= 0.6 is 0 Å². The van der Waals surface area contributed by atoms with Crippen LogP contribution in [0.15, 0.2) is 41.7 Å². The summed E-state index contributed by atoms with van der Waals surface area (Å²) in [6, 6.07) is 6.41. The highest BCUT2D eigenvalue weighted by atomic mass is 32.2. The van der Waals surface area contributed by atoms with Crippen molar-refractivity contribution < 1.29 is 22.9 Å². The number of alkyl halides is 1. The SMILES string of the molecule is CCOC(=O)CC(N[S+]([O-])C(C)(C)C)C1C(F)=C(C2CC2)C=C(c2ccccc2C)C1(C)F. The molecule has 0 aliphatic heterocycles. The van der Waals surface area contributed by atoms with Gasteiger partial charge in [0.05, 0.1) is 25.0 Å². The number of carbonyl (C=O) groups is 1. The molecule has 1 fully saturated rings. The van der Waals surface area contributed by atoms with Crippen LogP contribution in [-0.4, -0.2) is 33.6 Å². The average Bonchev–Trinajstić information content (AvgIpc) is 3.53. The smallest absolute Gasteiger partial charge is 0.307 e. The number of halogens is 2. The van der Waals surface area contributed by atoms with E-state index in [4.69, 9.17) is 4.74 Å². The second kappa shape index (κ2) is 9.88. The fourth-order valence-electron chi connectivity index (χ4n) is 4.37. The van der Waals surface area contributed by atoms with E-state index in [0.29, 0.717) is 16.7 Å². The average molecular weight is 480 g/mol. The van der Waals surface area contributed by atoms with Crippen molar-refractivity contribution in [2.24, 2.45) is 11.8 Å². The molecular formula is C26H35F2NO3S. The molecular weight excluding hydrogens is 444 g/mol. The van der Waals surface area contributed by atoms with Crippen molar-refractivity contribution in [2.45, 2.75) is 77.3 Å². The molecule has 0 radical (unpaired) electrons. The lowest BCUT2D eigenvalue weighted by Gasteiger charge is -2.41. The van der Waals surface area contributed by atoms with E-state index in [1.807, 2.05) is 31.2 Å². The number of nitrogens with one attached hydrogen (secondary N) is 1. The van der Waals surface area contributed by atoms with Gasteiger partial charge < -0.3 is 9.29 Å². The van der Waals surface area contributed by atoms with E-state index in [9.17, 15) is 9.35 Å². The summed E-state index contributed by atoms with van der Waals surface area (Å²) in [7, 11) is 0. The van der Waals surface area contributed by atoms with Crippen LogP contribution in [0.5, 0.6) is 0 Å². The second-order valence-electron chi connectivity index (χ2n) is 10.1. The maximum Gasteiger partial charge on any atom is 0.307 e. The van der Waals surface area contributed by atoms with Crippen LogP contribution in [0, 0.1) is 18.8 Å². The van der Waals surface area contributed by atoms with Crippen molar-refractivity contribution in [3.05, 3.63) is 52.9 Å². The molecule has 3 rings (SSSR count). The van der Waals surface area contributed by atoms with Gasteiger partial charge in [0.25, 0.3) is 0 Å². The van der Waals surface area contributed by atoms with Crippen LogP contribution < -0.4 is 4.72 Å². The van der Waals surface area contributed by atoms with Crippen LogP contribution in [-0.2, 0) is 20.9 Å². The fraction of sp³-hybridized carbons (Fsp3) is 0.577. The van der Waals surface area contributed by atoms with Gasteiger partial charge in [0, 0.05) is 11.4 Å². The summed E-state index contributed by atoms with van der Waals surface area (Å²) in [5.74, 6) is -2.42. The first-order chi connectivity index (χ1) is 15.4. The van der Waals surface area contributed by atoms with E-state index in [0.717, 1.165) is 18.4 Å².